The molecule has 0 spiro atoms. The van der Waals surface area contributed by atoms with Crippen molar-refractivity contribution < 1.29 is 0 Å². The number of hydrogen-bond acceptors (Lipinski definition) is 2. The Morgan fingerprint density at radius 3 is 3.00 bits per heavy atom. The lowest BCUT2D eigenvalue weighted by molar-refractivity contribution is 0.859. The van der Waals surface area contributed by atoms with Gasteiger partial charge in [0.25, 0.3) is 5.56 Å². The van der Waals surface area contributed by atoms with Gasteiger partial charge in [0.15, 0.2) is 0 Å². The normalized spacial score (nSPS) is 10.7. The predicted octanol–water partition coefficient (Wildman–Crippen LogP) is 1.76. The van der Waals surface area contributed by atoms with Crippen molar-refractivity contribution in [1.29, 1.82) is 0 Å². The predicted molar refractivity (Wildman–Crippen MR) is 59.6 cm³/mol. The van der Waals surface area contributed by atoms with Gasteiger partial charge >= 0.3 is 0 Å². The highest BCUT2D eigenvalue weighted by molar-refractivity contribution is 5.40. The number of pyridine rings is 1. The van der Waals surface area contributed by atoms with E-state index in [0.717, 1.165) is 18.7 Å². The van der Waals surface area contributed by atoms with Crippen molar-refractivity contribution in [2.24, 2.45) is 7.05 Å². The van der Waals surface area contributed by atoms with Gasteiger partial charge in [-0.25, -0.2) is 0 Å². The molecule has 0 aliphatic carbocycles. The Balaban J connectivity index is 2.52. The Morgan fingerprint density at radius 2 is 2.36 bits per heavy atom. The summed E-state index contributed by atoms with van der Waals surface area (Å²) < 4.78 is 1.55. The molecule has 76 valence electrons. The van der Waals surface area contributed by atoms with Crippen molar-refractivity contribution in [1.82, 2.24) is 4.57 Å². The fourth-order valence-electron chi connectivity index (χ4n) is 1.12. The van der Waals surface area contributed by atoms with Gasteiger partial charge in [0, 0.05) is 31.5 Å². The lowest BCUT2D eigenvalue weighted by Crippen LogP contribution is -2.15. The van der Waals surface area contributed by atoms with Crippen molar-refractivity contribution in [2.75, 3.05) is 11.9 Å². The Morgan fingerprint density at radius 1 is 1.57 bits per heavy atom. The second-order valence-electron chi connectivity index (χ2n) is 3.15. The summed E-state index contributed by atoms with van der Waals surface area (Å²) in [5.41, 5.74) is 0.902. The third-order valence-corrected chi connectivity index (χ3v) is 1.98. The van der Waals surface area contributed by atoms with E-state index >= 15 is 0 Å². The SMILES string of the molecule is C/C=C/CCNc1ccn(C)c(=O)c1. The molecule has 1 heterocycles. The molecule has 0 fully saturated rings. The highest BCUT2D eigenvalue weighted by Crippen LogP contribution is 2.01. The molecule has 0 saturated carbocycles. The minimum Gasteiger partial charge on any atom is -0.385 e. The first kappa shape index (κ1) is 10.6. The number of aryl methyl sites for hydroxylation is 1. The largest absolute Gasteiger partial charge is 0.385 e. The van der Waals surface area contributed by atoms with Crippen molar-refractivity contribution >= 4 is 5.69 Å². The van der Waals surface area contributed by atoms with Crippen LogP contribution in [0.4, 0.5) is 5.69 Å². The molecule has 0 aliphatic heterocycles. The summed E-state index contributed by atoms with van der Waals surface area (Å²) in [7, 11) is 1.74. The van der Waals surface area contributed by atoms with Crippen molar-refractivity contribution in [3.63, 3.8) is 0 Å². The summed E-state index contributed by atoms with van der Waals surface area (Å²) in [4.78, 5) is 11.2. The number of nitrogens with zero attached hydrogens (tertiary/aromatic N) is 1. The van der Waals surface area contributed by atoms with Gasteiger partial charge in [0.05, 0.1) is 0 Å². The maximum absolute atomic E-state index is 11.2. The standard InChI is InChI=1S/C11H16N2O/c1-3-4-5-7-12-10-6-8-13(2)11(14)9-10/h3-4,6,8-9,12H,5,7H2,1-2H3/b4-3+. The Kier molecular flexibility index (Phi) is 3.98. The average molecular weight is 192 g/mol. The van der Waals surface area contributed by atoms with Crippen LogP contribution in [0.5, 0.6) is 0 Å². The molecular weight excluding hydrogens is 176 g/mol. The number of nitrogens with one attached hydrogen (secondary N) is 1. The van der Waals surface area contributed by atoms with E-state index < -0.39 is 0 Å². The fraction of sp³-hybridized carbons (Fsp3) is 0.364. The van der Waals surface area contributed by atoms with Crippen molar-refractivity contribution in [3.05, 3.63) is 40.8 Å². The molecule has 3 nitrogen and oxygen atoms in total. The average Bonchev–Trinajstić information content (AvgIpc) is 2.18. The van der Waals surface area contributed by atoms with Crippen LogP contribution in [0.1, 0.15) is 13.3 Å². The van der Waals surface area contributed by atoms with E-state index in [1.807, 2.05) is 19.1 Å². The molecule has 1 aromatic rings. The van der Waals surface area contributed by atoms with Crippen LogP contribution < -0.4 is 10.9 Å². The van der Waals surface area contributed by atoms with Crippen molar-refractivity contribution in [3.8, 4) is 0 Å². The van der Waals surface area contributed by atoms with E-state index in [2.05, 4.69) is 11.4 Å². The molecule has 1 aromatic heterocycles. The van der Waals surface area contributed by atoms with Crippen LogP contribution in [0.3, 0.4) is 0 Å². The number of hydrogen-bond donors (Lipinski definition) is 1. The lowest BCUT2D eigenvalue weighted by Gasteiger charge is -2.04. The van der Waals surface area contributed by atoms with E-state index in [9.17, 15) is 4.79 Å². The molecule has 0 atom stereocenters. The van der Waals surface area contributed by atoms with E-state index in [4.69, 9.17) is 0 Å². The van der Waals surface area contributed by atoms with Crippen LogP contribution in [0, 0.1) is 0 Å². The van der Waals surface area contributed by atoms with Gasteiger partial charge in [-0.05, 0) is 19.4 Å². The van der Waals surface area contributed by atoms with Crippen LogP contribution >= 0.6 is 0 Å². The van der Waals surface area contributed by atoms with E-state index in [0.29, 0.717) is 0 Å². The first-order chi connectivity index (χ1) is 6.74. The molecule has 0 amide bonds. The molecule has 0 saturated heterocycles. The maximum atomic E-state index is 11.2. The molecule has 1 N–H and O–H groups in total. The van der Waals surface area contributed by atoms with Gasteiger partial charge < -0.3 is 9.88 Å². The summed E-state index contributed by atoms with van der Waals surface area (Å²) >= 11 is 0. The molecule has 14 heavy (non-hydrogen) atoms. The molecule has 0 bridgehead atoms. The van der Waals surface area contributed by atoms with Gasteiger partial charge in [-0.15, -0.1) is 0 Å². The zero-order chi connectivity index (χ0) is 10.4. The molecule has 1 rings (SSSR count). The third-order valence-electron chi connectivity index (χ3n) is 1.98. The maximum Gasteiger partial charge on any atom is 0.252 e. The van der Waals surface area contributed by atoms with Gasteiger partial charge in [-0.1, -0.05) is 12.2 Å². The summed E-state index contributed by atoms with van der Waals surface area (Å²) in [5.74, 6) is 0. The summed E-state index contributed by atoms with van der Waals surface area (Å²) in [5, 5.41) is 3.18. The minimum atomic E-state index is 0.0148. The molecule has 3 heteroatoms. The molecule has 0 radical (unpaired) electrons. The van der Waals surface area contributed by atoms with E-state index in [1.54, 1.807) is 23.9 Å². The van der Waals surface area contributed by atoms with Crippen LogP contribution in [-0.4, -0.2) is 11.1 Å². The topological polar surface area (TPSA) is 34.0 Å². The molecule has 0 aromatic carbocycles. The van der Waals surface area contributed by atoms with Gasteiger partial charge in [0.2, 0.25) is 0 Å². The highest BCUT2D eigenvalue weighted by atomic mass is 16.1. The number of aromatic nitrogens is 1. The number of rotatable bonds is 4. The first-order valence-corrected chi connectivity index (χ1v) is 4.75. The third kappa shape index (κ3) is 3.09. The van der Waals surface area contributed by atoms with Gasteiger partial charge in [-0.2, -0.15) is 0 Å². The monoisotopic (exact) mass is 192 g/mol. The summed E-state index contributed by atoms with van der Waals surface area (Å²) in [6, 6.07) is 3.51. The first-order valence-electron chi connectivity index (χ1n) is 4.75. The van der Waals surface area contributed by atoms with Gasteiger partial charge in [-0.3, -0.25) is 4.79 Å². The number of allylic oxidation sites excluding steroid dienone is 1. The van der Waals surface area contributed by atoms with Crippen LogP contribution in [-0.2, 0) is 7.05 Å². The molecular formula is C11H16N2O. The van der Waals surface area contributed by atoms with E-state index in [1.165, 1.54) is 0 Å². The molecule has 0 unspecified atom stereocenters. The zero-order valence-corrected chi connectivity index (χ0v) is 8.66. The Labute approximate surface area is 84.1 Å². The fourth-order valence-corrected chi connectivity index (χ4v) is 1.12. The lowest BCUT2D eigenvalue weighted by atomic mass is 10.3. The number of anilines is 1. The molecule has 0 aliphatic rings. The quantitative estimate of drug-likeness (QED) is 0.582. The van der Waals surface area contributed by atoms with Gasteiger partial charge in [0.1, 0.15) is 0 Å². The van der Waals surface area contributed by atoms with Crippen LogP contribution in [0.2, 0.25) is 0 Å². The van der Waals surface area contributed by atoms with Crippen molar-refractivity contribution in [2.45, 2.75) is 13.3 Å². The Bertz CT molecular complexity index is 366. The van der Waals surface area contributed by atoms with E-state index in [-0.39, 0.29) is 5.56 Å². The van der Waals surface area contributed by atoms with Crippen LogP contribution in [0.25, 0.3) is 0 Å². The smallest absolute Gasteiger partial charge is 0.252 e. The van der Waals surface area contributed by atoms with Crippen LogP contribution in [0.15, 0.2) is 35.3 Å². The Hall–Kier alpha value is -1.51. The second-order valence-corrected chi connectivity index (χ2v) is 3.15. The summed E-state index contributed by atoms with van der Waals surface area (Å²) in [6.07, 6.45) is 6.85. The zero-order valence-electron chi connectivity index (χ0n) is 8.66. The summed E-state index contributed by atoms with van der Waals surface area (Å²) in [6.45, 7) is 2.86. The minimum absolute atomic E-state index is 0.0148. The second kappa shape index (κ2) is 5.27. The highest BCUT2D eigenvalue weighted by Gasteiger charge is 1.93.